The predicted octanol–water partition coefficient (Wildman–Crippen LogP) is 0.339. The second-order valence-electron chi connectivity index (χ2n) is 6.35. The molecule has 5 heteroatoms. The summed E-state index contributed by atoms with van der Waals surface area (Å²) in [5.41, 5.74) is 5.91. The van der Waals surface area contributed by atoms with E-state index >= 15 is 0 Å². The molecular formula is C14H23N3O2. The molecule has 2 saturated heterocycles. The van der Waals surface area contributed by atoms with Gasteiger partial charge in [-0.15, -0.1) is 0 Å². The van der Waals surface area contributed by atoms with E-state index in [4.69, 9.17) is 5.73 Å². The number of amides is 2. The van der Waals surface area contributed by atoms with Crippen LogP contribution in [0.15, 0.2) is 0 Å². The van der Waals surface area contributed by atoms with Crippen LogP contribution in [0, 0.1) is 5.41 Å². The number of carbonyl (C=O) groups is 2. The van der Waals surface area contributed by atoms with Crippen LogP contribution in [0.5, 0.6) is 0 Å². The molecule has 0 radical (unpaired) electrons. The standard InChI is InChI=1S/C14H23N3O2/c15-10-14(4-1-5-14)8-13(19)16-6-7-17-11(9-16)2-3-12(17)18/h11H,1-10,15H2. The Hall–Kier alpha value is -1.10. The fourth-order valence-electron chi connectivity index (χ4n) is 3.65. The van der Waals surface area contributed by atoms with Crippen molar-refractivity contribution in [2.75, 3.05) is 26.2 Å². The molecule has 3 rings (SSSR count). The molecule has 3 fully saturated rings. The fourth-order valence-corrected chi connectivity index (χ4v) is 3.65. The maximum atomic E-state index is 12.4. The molecular weight excluding hydrogens is 242 g/mol. The summed E-state index contributed by atoms with van der Waals surface area (Å²) in [5, 5.41) is 0. The first kappa shape index (κ1) is 12.9. The molecule has 3 aliphatic rings. The first-order valence-corrected chi connectivity index (χ1v) is 7.41. The van der Waals surface area contributed by atoms with Gasteiger partial charge in [0, 0.05) is 38.5 Å². The van der Waals surface area contributed by atoms with Gasteiger partial charge < -0.3 is 15.5 Å². The van der Waals surface area contributed by atoms with Crippen molar-refractivity contribution in [1.29, 1.82) is 0 Å². The zero-order valence-electron chi connectivity index (χ0n) is 11.4. The highest BCUT2D eigenvalue weighted by Gasteiger charge is 2.41. The van der Waals surface area contributed by atoms with Crippen LogP contribution in [-0.2, 0) is 9.59 Å². The van der Waals surface area contributed by atoms with Gasteiger partial charge in [-0.25, -0.2) is 0 Å². The summed E-state index contributed by atoms with van der Waals surface area (Å²) >= 11 is 0. The van der Waals surface area contributed by atoms with Gasteiger partial charge in [0.2, 0.25) is 11.8 Å². The van der Waals surface area contributed by atoms with E-state index in [2.05, 4.69) is 0 Å². The molecule has 2 heterocycles. The van der Waals surface area contributed by atoms with Crippen molar-refractivity contribution < 1.29 is 9.59 Å². The van der Waals surface area contributed by atoms with Gasteiger partial charge in [-0.3, -0.25) is 9.59 Å². The van der Waals surface area contributed by atoms with Crippen LogP contribution in [0.1, 0.15) is 38.5 Å². The lowest BCUT2D eigenvalue weighted by atomic mass is 9.66. The number of rotatable bonds is 3. The third-order valence-electron chi connectivity index (χ3n) is 5.22. The molecule has 0 aromatic rings. The van der Waals surface area contributed by atoms with Crippen LogP contribution in [0.25, 0.3) is 0 Å². The molecule has 1 atom stereocenters. The summed E-state index contributed by atoms with van der Waals surface area (Å²) in [5.74, 6) is 0.499. The average molecular weight is 265 g/mol. The lowest BCUT2D eigenvalue weighted by Crippen LogP contribution is -2.54. The predicted molar refractivity (Wildman–Crippen MR) is 71.3 cm³/mol. The lowest BCUT2D eigenvalue weighted by molar-refractivity contribution is -0.141. The number of piperazine rings is 1. The van der Waals surface area contributed by atoms with E-state index in [1.807, 2.05) is 9.80 Å². The Morgan fingerprint density at radius 3 is 2.79 bits per heavy atom. The molecule has 2 aliphatic heterocycles. The Labute approximate surface area is 114 Å². The van der Waals surface area contributed by atoms with Crippen LogP contribution < -0.4 is 5.73 Å². The molecule has 106 valence electrons. The third-order valence-corrected chi connectivity index (χ3v) is 5.22. The van der Waals surface area contributed by atoms with Crippen molar-refractivity contribution in [3.8, 4) is 0 Å². The number of fused-ring (bicyclic) bond motifs is 1. The monoisotopic (exact) mass is 265 g/mol. The molecule has 0 spiro atoms. The van der Waals surface area contributed by atoms with Gasteiger partial charge >= 0.3 is 0 Å². The summed E-state index contributed by atoms with van der Waals surface area (Å²) in [6.45, 7) is 2.76. The van der Waals surface area contributed by atoms with Gasteiger partial charge in [0.05, 0.1) is 0 Å². The van der Waals surface area contributed by atoms with Gasteiger partial charge in [-0.2, -0.15) is 0 Å². The maximum absolute atomic E-state index is 12.4. The van der Waals surface area contributed by atoms with E-state index in [-0.39, 0.29) is 23.3 Å². The highest BCUT2D eigenvalue weighted by atomic mass is 16.2. The highest BCUT2D eigenvalue weighted by molar-refractivity contribution is 5.81. The molecule has 0 aromatic carbocycles. The van der Waals surface area contributed by atoms with Crippen molar-refractivity contribution >= 4 is 11.8 Å². The lowest BCUT2D eigenvalue weighted by Gasteiger charge is -2.43. The van der Waals surface area contributed by atoms with E-state index in [0.29, 0.717) is 32.5 Å². The van der Waals surface area contributed by atoms with Crippen molar-refractivity contribution in [2.45, 2.75) is 44.6 Å². The van der Waals surface area contributed by atoms with Crippen molar-refractivity contribution in [3.05, 3.63) is 0 Å². The van der Waals surface area contributed by atoms with Crippen LogP contribution >= 0.6 is 0 Å². The van der Waals surface area contributed by atoms with E-state index in [0.717, 1.165) is 25.8 Å². The first-order valence-electron chi connectivity index (χ1n) is 7.41. The van der Waals surface area contributed by atoms with Gasteiger partial charge in [0.15, 0.2) is 0 Å². The number of hydrogen-bond donors (Lipinski definition) is 1. The van der Waals surface area contributed by atoms with Crippen molar-refractivity contribution in [1.82, 2.24) is 9.80 Å². The Kier molecular flexibility index (Phi) is 3.25. The van der Waals surface area contributed by atoms with Gasteiger partial charge in [0.25, 0.3) is 0 Å². The molecule has 5 nitrogen and oxygen atoms in total. The summed E-state index contributed by atoms with van der Waals surface area (Å²) in [4.78, 5) is 27.9. The molecule has 0 aromatic heterocycles. The van der Waals surface area contributed by atoms with Crippen LogP contribution in [0.2, 0.25) is 0 Å². The largest absolute Gasteiger partial charge is 0.339 e. The van der Waals surface area contributed by atoms with Crippen LogP contribution in [-0.4, -0.2) is 53.8 Å². The molecule has 0 bridgehead atoms. The van der Waals surface area contributed by atoms with Crippen molar-refractivity contribution in [2.24, 2.45) is 11.1 Å². The minimum Gasteiger partial charge on any atom is -0.339 e. The van der Waals surface area contributed by atoms with Crippen molar-refractivity contribution in [3.63, 3.8) is 0 Å². The summed E-state index contributed by atoms with van der Waals surface area (Å²) < 4.78 is 0. The Morgan fingerprint density at radius 2 is 2.16 bits per heavy atom. The number of nitrogens with two attached hydrogens (primary N) is 1. The molecule has 1 aliphatic carbocycles. The first-order chi connectivity index (χ1) is 9.13. The van der Waals surface area contributed by atoms with Gasteiger partial charge in [0.1, 0.15) is 0 Å². The zero-order valence-corrected chi connectivity index (χ0v) is 11.4. The quantitative estimate of drug-likeness (QED) is 0.800. The summed E-state index contributed by atoms with van der Waals surface area (Å²) in [7, 11) is 0. The average Bonchev–Trinajstić information content (AvgIpc) is 2.75. The zero-order chi connectivity index (χ0) is 13.5. The van der Waals surface area contributed by atoms with Gasteiger partial charge in [-0.05, 0) is 31.2 Å². The Morgan fingerprint density at radius 1 is 1.37 bits per heavy atom. The topological polar surface area (TPSA) is 66.6 Å². The van der Waals surface area contributed by atoms with E-state index in [1.54, 1.807) is 0 Å². The number of nitrogens with zero attached hydrogens (tertiary/aromatic N) is 2. The summed E-state index contributed by atoms with van der Waals surface area (Å²) in [6.07, 6.45) is 5.55. The number of carbonyl (C=O) groups excluding carboxylic acids is 2. The highest BCUT2D eigenvalue weighted by Crippen LogP contribution is 2.43. The SMILES string of the molecule is NCC1(CC(=O)N2CCN3C(=O)CCC3C2)CCC1. The minimum absolute atomic E-state index is 0.0830. The van der Waals surface area contributed by atoms with E-state index in [1.165, 1.54) is 6.42 Å². The number of hydrogen-bond acceptors (Lipinski definition) is 3. The smallest absolute Gasteiger partial charge is 0.223 e. The minimum atomic E-state index is 0.0830. The normalized spacial score (nSPS) is 29.1. The molecule has 2 N–H and O–H groups in total. The maximum Gasteiger partial charge on any atom is 0.223 e. The fraction of sp³-hybridized carbons (Fsp3) is 0.857. The third kappa shape index (κ3) is 2.24. The second-order valence-corrected chi connectivity index (χ2v) is 6.35. The van der Waals surface area contributed by atoms with Crippen LogP contribution in [0.3, 0.4) is 0 Å². The van der Waals surface area contributed by atoms with E-state index in [9.17, 15) is 9.59 Å². The van der Waals surface area contributed by atoms with Gasteiger partial charge in [-0.1, -0.05) is 6.42 Å². The molecule has 1 unspecified atom stereocenters. The summed E-state index contributed by atoms with van der Waals surface area (Å²) in [6, 6.07) is 0.264. The second kappa shape index (κ2) is 4.78. The van der Waals surface area contributed by atoms with Crippen LogP contribution in [0.4, 0.5) is 0 Å². The Balaban J connectivity index is 1.58. The molecule has 2 amide bonds. The molecule has 19 heavy (non-hydrogen) atoms. The van der Waals surface area contributed by atoms with E-state index < -0.39 is 0 Å². The Bertz CT molecular complexity index is 387. The molecule has 1 saturated carbocycles.